The van der Waals surface area contributed by atoms with Crippen LogP contribution in [0.4, 0.5) is 17.1 Å². The number of carbonyl (C=O) groups is 2. The molecule has 0 radical (unpaired) electrons. The number of piperidine rings is 1. The number of nitro benzene ring substituents is 1. The van der Waals surface area contributed by atoms with E-state index in [1.54, 1.807) is 37.4 Å². The number of nitrogens with zero attached hydrogens (tertiary/aromatic N) is 4. The molecule has 354 valence electrons. The molecule has 2 aliphatic heterocycles. The summed E-state index contributed by atoms with van der Waals surface area (Å²) in [6, 6.07) is 21.1. The van der Waals surface area contributed by atoms with E-state index >= 15 is 0 Å². The molecule has 5 aromatic rings. The number of carbonyl (C=O) groups excluding carboxylic acids is 2. The molecule has 2 aromatic heterocycles. The number of anilines is 2. The van der Waals surface area contributed by atoms with E-state index in [4.69, 9.17) is 10.5 Å². The molecule has 4 fully saturated rings. The number of pyridine rings is 1. The summed E-state index contributed by atoms with van der Waals surface area (Å²) >= 11 is 0. The molecule has 6 N–H and O–H groups in total. The van der Waals surface area contributed by atoms with Gasteiger partial charge in [-0.2, -0.15) is 0 Å². The predicted octanol–water partition coefficient (Wildman–Crippen LogP) is 8.20. The van der Waals surface area contributed by atoms with Crippen LogP contribution in [0.5, 0.6) is 11.5 Å². The monoisotopic (exact) mass is 932 g/mol. The number of aromatic nitrogens is 2. The van der Waals surface area contributed by atoms with Gasteiger partial charge in [-0.1, -0.05) is 44.5 Å². The number of likely N-dealkylation sites (tertiary alicyclic amines) is 1. The van der Waals surface area contributed by atoms with Crippen molar-refractivity contribution in [2.45, 2.75) is 107 Å². The standard InChI is InChI=1S/C50H60N8O8S/c1-31(2)36-7-4-5-8-37(36)38-9-6-10-41(38)57-29-50(30-57)20-23-56(24-21-50)34-11-13-39(43(26-34)66-44-25-33-17-22-52-47(33)54-45(44)46(51)59)48(60)55-67(64,65)35-12-14-40(42(27-35)58(62)63)53-28-32-15-18-49(3,61)19-16-32/h4-5,7-8,11-14,17,22,25-27,31-32,38,41,53,61H,6,9-10,15-16,18-21,23-24,28-30H2,1-3H3,(H2,51,59)(H,52,54)(H,55,60)/t32-,38-,41-,49-/m1/s1. The molecule has 17 heteroatoms. The Balaban J connectivity index is 0.929. The highest BCUT2D eigenvalue weighted by Gasteiger charge is 2.49. The van der Waals surface area contributed by atoms with Crippen molar-refractivity contribution in [1.29, 1.82) is 0 Å². The normalized spacial score (nSPS) is 23.0. The summed E-state index contributed by atoms with van der Waals surface area (Å²) in [6.45, 7) is 10.4. The van der Waals surface area contributed by atoms with Gasteiger partial charge in [0.25, 0.3) is 27.5 Å². The van der Waals surface area contributed by atoms with E-state index in [9.17, 15) is 33.2 Å². The molecule has 67 heavy (non-hydrogen) atoms. The van der Waals surface area contributed by atoms with Crippen LogP contribution >= 0.6 is 0 Å². The van der Waals surface area contributed by atoms with E-state index in [0.717, 1.165) is 63.6 Å². The van der Waals surface area contributed by atoms with Crippen molar-refractivity contribution in [3.05, 3.63) is 111 Å². The van der Waals surface area contributed by atoms with Gasteiger partial charge < -0.3 is 30.8 Å². The molecule has 0 bridgehead atoms. The van der Waals surface area contributed by atoms with Gasteiger partial charge in [0.05, 0.1) is 21.0 Å². The minimum absolute atomic E-state index is 0.0284. The quantitative estimate of drug-likeness (QED) is 0.0525. The number of aliphatic hydroxyl groups is 1. The van der Waals surface area contributed by atoms with Gasteiger partial charge in [-0.15, -0.1) is 0 Å². The van der Waals surface area contributed by atoms with Crippen molar-refractivity contribution < 1.29 is 32.8 Å². The Hall–Kier alpha value is -6.04. The molecular weight excluding hydrogens is 873 g/mol. The number of nitrogens with one attached hydrogen (secondary N) is 3. The van der Waals surface area contributed by atoms with Crippen LogP contribution in [0.15, 0.2) is 83.9 Å². The van der Waals surface area contributed by atoms with Crippen LogP contribution in [-0.2, 0) is 10.0 Å². The Morgan fingerprint density at radius 3 is 2.45 bits per heavy atom. The van der Waals surface area contributed by atoms with Gasteiger partial charge in [0, 0.05) is 68.2 Å². The van der Waals surface area contributed by atoms with E-state index in [1.165, 1.54) is 48.6 Å². The minimum atomic E-state index is -4.66. The van der Waals surface area contributed by atoms with Crippen LogP contribution in [0.3, 0.4) is 0 Å². The summed E-state index contributed by atoms with van der Waals surface area (Å²) in [6.07, 6.45) is 9.99. The number of ether oxygens (including phenoxy) is 1. The van der Waals surface area contributed by atoms with E-state index in [1.807, 2.05) is 0 Å². The molecule has 9 rings (SSSR count). The van der Waals surface area contributed by atoms with Gasteiger partial charge in [-0.3, -0.25) is 24.6 Å². The highest BCUT2D eigenvalue weighted by molar-refractivity contribution is 7.90. The lowest BCUT2D eigenvalue weighted by atomic mass is 9.70. The molecule has 4 heterocycles. The summed E-state index contributed by atoms with van der Waals surface area (Å²) in [7, 11) is -4.66. The average molecular weight is 933 g/mol. The first-order chi connectivity index (χ1) is 32.0. The van der Waals surface area contributed by atoms with Crippen LogP contribution in [0.25, 0.3) is 11.0 Å². The zero-order valence-electron chi connectivity index (χ0n) is 38.3. The number of nitrogens with two attached hydrogens (primary N) is 1. The zero-order chi connectivity index (χ0) is 47.3. The van der Waals surface area contributed by atoms with Crippen molar-refractivity contribution in [2.75, 3.05) is 42.9 Å². The third-order valence-electron chi connectivity index (χ3n) is 14.9. The summed E-state index contributed by atoms with van der Waals surface area (Å²) < 4.78 is 36.1. The van der Waals surface area contributed by atoms with Crippen molar-refractivity contribution >= 4 is 49.9 Å². The number of fused-ring (bicyclic) bond motifs is 1. The second kappa shape index (κ2) is 18.2. The number of sulfonamides is 1. The second-order valence-corrected chi connectivity index (χ2v) is 21.6. The molecule has 2 saturated carbocycles. The zero-order valence-corrected chi connectivity index (χ0v) is 39.1. The second-order valence-electron chi connectivity index (χ2n) is 19.9. The maximum Gasteiger partial charge on any atom is 0.293 e. The average Bonchev–Trinajstić information content (AvgIpc) is 3.97. The Morgan fingerprint density at radius 2 is 1.73 bits per heavy atom. The van der Waals surface area contributed by atoms with Crippen LogP contribution in [-0.4, -0.2) is 89.5 Å². The fraction of sp³-hybridized carbons (Fsp3) is 0.460. The maximum atomic E-state index is 14.1. The van der Waals surface area contributed by atoms with Gasteiger partial charge in [0.2, 0.25) is 0 Å². The fourth-order valence-corrected chi connectivity index (χ4v) is 12.0. The largest absolute Gasteiger partial charge is 0.454 e. The predicted molar refractivity (Wildman–Crippen MR) is 256 cm³/mol. The van der Waals surface area contributed by atoms with Gasteiger partial charge >= 0.3 is 0 Å². The Bertz CT molecular complexity index is 2800. The lowest BCUT2D eigenvalue weighted by Gasteiger charge is -2.57. The molecule has 16 nitrogen and oxygen atoms in total. The number of rotatable bonds is 14. The van der Waals surface area contributed by atoms with Gasteiger partial charge in [0.15, 0.2) is 11.4 Å². The molecule has 2 saturated heterocycles. The number of H-pyrrole nitrogens is 1. The molecule has 2 amide bonds. The van der Waals surface area contributed by atoms with Crippen LogP contribution in [0.2, 0.25) is 0 Å². The number of hydrogen-bond acceptors (Lipinski definition) is 12. The van der Waals surface area contributed by atoms with Gasteiger partial charge in [0.1, 0.15) is 17.1 Å². The number of hydrogen-bond donors (Lipinski definition) is 5. The van der Waals surface area contributed by atoms with E-state index in [0.29, 0.717) is 48.3 Å². The van der Waals surface area contributed by atoms with Crippen molar-refractivity contribution in [3.8, 4) is 11.5 Å². The van der Waals surface area contributed by atoms with Crippen LogP contribution in [0.1, 0.15) is 122 Å². The van der Waals surface area contributed by atoms with E-state index in [-0.39, 0.29) is 39.8 Å². The minimum Gasteiger partial charge on any atom is -0.454 e. The molecule has 2 aliphatic carbocycles. The molecular formula is C50H60N8O8S. The van der Waals surface area contributed by atoms with E-state index < -0.39 is 42.9 Å². The topological polar surface area (TPSA) is 226 Å². The third-order valence-corrected chi connectivity index (χ3v) is 16.2. The Morgan fingerprint density at radius 1 is 0.985 bits per heavy atom. The number of primary amides is 1. The number of benzene rings is 3. The molecule has 0 unspecified atom stereocenters. The van der Waals surface area contributed by atoms with Crippen LogP contribution < -0.4 is 25.4 Å². The molecule has 3 aromatic carbocycles. The van der Waals surface area contributed by atoms with Crippen molar-refractivity contribution in [2.24, 2.45) is 17.1 Å². The molecule has 4 aliphatic rings. The first-order valence-electron chi connectivity index (χ1n) is 23.5. The van der Waals surface area contributed by atoms with E-state index in [2.05, 4.69) is 67.9 Å². The first kappa shape index (κ1) is 46.1. The van der Waals surface area contributed by atoms with Gasteiger partial charge in [-0.25, -0.2) is 18.1 Å². The lowest BCUT2D eigenvalue weighted by Crippen LogP contribution is -2.63. The summed E-state index contributed by atoms with van der Waals surface area (Å²) in [5.41, 5.74) is 8.66. The Kier molecular flexibility index (Phi) is 12.5. The number of nitro groups is 1. The fourth-order valence-electron chi connectivity index (χ4n) is 11.0. The lowest BCUT2D eigenvalue weighted by molar-refractivity contribution is -0.384. The smallest absolute Gasteiger partial charge is 0.293 e. The first-order valence-corrected chi connectivity index (χ1v) is 25.0. The summed E-state index contributed by atoms with van der Waals surface area (Å²) in [5.74, 6) is -0.785. The third kappa shape index (κ3) is 9.59. The number of amides is 2. The highest BCUT2D eigenvalue weighted by Crippen LogP contribution is 2.49. The van der Waals surface area contributed by atoms with Gasteiger partial charge in [-0.05, 0) is 129 Å². The number of aromatic amines is 1. The van der Waals surface area contributed by atoms with Crippen LogP contribution in [0, 0.1) is 21.4 Å². The molecule has 1 spiro atoms. The van der Waals surface area contributed by atoms with Crippen molar-refractivity contribution in [3.63, 3.8) is 0 Å². The summed E-state index contributed by atoms with van der Waals surface area (Å²) in [5, 5.41) is 26.2. The Labute approximate surface area is 390 Å². The maximum absolute atomic E-state index is 14.1. The highest BCUT2D eigenvalue weighted by atomic mass is 32.2. The molecule has 2 atom stereocenters. The SMILES string of the molecule is CC(C)c1ccccc1[C@H]1CCC[C@H]1N1CC2(CCN(c3ccc(C(=O)NS(=O)(=O)c4ccc(NC[C@H]5CC[C@](C)(O)CC5)c([N+](=O)[O-])c4)c(Oc4cc5cc[nH]c5nc4C(N)=O)c3)CC2)C1. The van der Waals surface area contributed by atoms with Crippen molar-refractivity contribution in [1.82, 2.24) is 19.6 Å². The summed E-state index contributed by atoms with van der Waals surface area (Å²) in [4.78, 5) is 50.1.